The quantitative estimate of drug-likeness (QED) is 0.622. The highest BCUT2D eigenvalue weighted by Gasteiger charge is 2.33. The molecule has 0 aliphatic rings. The van der Waals surface area contributed by atoms with Crippen LogP contribution in [0.15, 0.2) is 29.2 Å². The normalized spacial score (nSPS) is 12.3. The van der Waals surface area contributed by atoms with Crippen molar-refractivity contribution < 1.29 is 22.7 Å². The lowest BCUT2D eigenvalue weighted by Crippen LogP contribution is -2.28. The third-order valence-corrected chi connectivity index (χ3v) is 3.38. The van der Waals surface area contributed by atoms with Gasteiger partial charge in [0.25, 0.3) is 0 Å². The Labute approximate surface area is 108 Å². The van der Waals surface area contributed by atoms with Crippen LogP contribution in [-0.2, 0) is 15.7 Å². The van der Waals surface area contributed by atoms with Crippen LogP contribution >= 0.6 is 11.8 Å². The van der Waals surface area contributed by atoms with Gasteiger partial charge in [0, 0.05) is 4.90 Å². The second kappa shape index (κ2) is 5.22. The SMILES string of the molecule is COC(=O)C(C)(C)Sc1cccc(C(F)(F)F)c1. The number of benzene rings is 1. The van der Waals surface area contributed by atoms with Crippen molar-refractivity contribution in [2.24, 2.45) is 0 Å². The minimum atomic E-state index is -4.38. The molecule has 1 rings (SSSR count). The van der Waals surface area contributed by atoms with Gasteiger partial charge in [-0.15, -0.1) is 11.8 Å². The van der Waals surface area contributed by atoms with Crippen molar-refractivity contribution in [2.75, 3.05) is 7.11 Å². The Bertz CT molecular complexity index is 441. The number of esters is 1. The summed E-state index contributed by atoms with van der Waals surface area (Å²) in [7, 11) is 1.25. The number of thioether (sulfide) groups is 1. The fourth-order valence-corrected chi connectivity index (χ4v) is 2.41. The fraction of sp³-hybridized carbons (Fsp3) is 0.417. The van der Waals surface area contributed by atoms with E-state index in [9.17, 15) is 18.0 Å². The number of carbonyl (C=O) groups excluding carboxylic acids is 1. The van der Waals surface area contributed by atoms with Crippen LogP contribution in [0.3, 0.4) is 0 Å². The van der Waals surface area contributed by atoms with Gasteiger partial charge in [-0.25, -0.2) is 0 Å². The smallest absolute Gasteiger partial charge is 0.416 e. The summed E-state index contributed by atoms with van der Waals surface area (Å²) >= 11 is 1.03. The molecule has 0 radical (unpaired) electrons. The van der Waals surface area contributed by atoms with Crippen LogP contribution in [0.25, 0.3) is 0 Å². The van der Waals surface area contributed by atoms with E-state index in [-0.39, 0.29) is 0 Å². The van der Waals surface area contributed by atoms with Crippen LogP contribution in [0.5, 0.6) is 0 Å². The maximum atomic E-state index is 12.5. The fourth-order valence-electron chi connectivity index (χ4n) is 1.32. The highest BCUT2D eigenvalue weighted by atomic mass is 32.2. The molecule has 0 aliphatic heterocycles. The van der Waals surface area contributed by atoms with E-state index in [1.807, 2.05) is 0 Å². The maximum Gasteiger partial charge on any atom is 0.416 e. The summed E-state index contributed by atoms with van der Waals surface area (Å²) in [6.45, 7) is 3.20. The Hall–Kier alpha value is -1.17. The molecule has 0 spiro atoms. The van der Waals surface area contributed by atoms with Crippen molar-refractivity contribution in [3.63, 3.8) is 0 Å². The molecule has 0 atom stereocenters. The lowest BCUT2D eigenvalue weighted by Gasteiger charge is -2.21. The Morgan fingerprint density at radius 3 is 2.39 bits per heavy atom. The zero-order chi connectivity index (χ0) is 14.0. The van der Waals surface area contributed by atoms with Gasteiger partial charge in [0.05, 0.1) is 12.7 Å². The van der Waals surface area contributed by atoms with E-state index in [2.05, 4.69) is 4.74 Å². The first-order valence-corrected chi connectivity index (χ1v) is 5.93. The first-order chi connectivity index (χ1) is 8.16. The summed E-state index contributed by atoms with van der Waals surface area (Å²) in [5.41, 5.74) is -0.729. The molecule has 2 nitrogen and oxygen atoms in total. The summed E-state index contributed by atoms with van der Waals surface area (Å²) in [5, 5.41) is 0. The maximum absolute atomic E-state index is 12.5. The molecule has 0 bridgehead atoms. The molecule has 0 fully saturated rings. The summed E-state index contributed by atoms with van der Waals surface area (Å²) in [5.74, 6) is -0.482. The molecule has 0 N–H and O–H groups in total. The third kappa shape index (κ3) is 3.66. The van der Waals surface area contributed by atoms with E-state index in [1.54, 1.807) is 13.8 Å². The van der Waals surface area contributed by atoms with Gasteiger partial charge < -0.3 is 4.74 Å². The highest BCUT2D eigenvalue weighted by molar-refractivity contribution is 8.01. The van der Waals surface area contributed by atoms with Gasteiger partial charge in [0.15, 0.2) is 0 Å². The number of ether oxygens (including phenoxy) is 1. The molecule has 0 amide bonds. The number of methoxy groups -OCH3 is 1. The lowest BCUT2D eigenvalue weighted by molar-refractivity contribution is -0.142. The second-order valence-corrected chi connectivity index (χ2v) is 5.83. The van der Waals surface area contributed by atoms with Gasteiger partial charge in [-0.2, -0.15) is 13.2 Å². The number of hydrogen-bond acceptors (Lipinski definition) is 3. The van der Waals surface area contributed by atoms with Crippen LogP contribution < -0.4 is 0 Å². The molecular weight excluding hydrogens is 265 g/mol. The van der Waals surface area contributed by atoms with Gasteiger partial charge in [-0.05, 0) is 32.0 Å². The van der Waals surface area contributed by atoms with Crippen LogP contribution in [0.1, 0.15) is 19.4 Å². The molecule has 0 aliphatic carbocycles. The van der Waals surface area contributed by atoms with Crippen LogP contribution in [-0.4, -0.2) is 17.8 Å². The number of hydrogen-bond donors (Lipinski definition) is 0. The second-order valence-electron chi connectivity index (χ2n) is 4.13. The summed E-state index contributed by atoms with van der Waals surface area (Å²) < 4.78 is 41.2. The van der Waals surface area contributed by atoms with Gasteiger partial charge >= 0.3 is 12.1 Å². The summed E-state index contributed by atoms with van der Waals surface area (Å²) in [6, 6.07) is 4.87. The van der Waals surface area contributed by atoms with Crippen LogP contribution in [0, 0.1) is 0 Å². The first kappa shape index (κ1) is 14.9. The summed E-state index contributed by atoms with van der Waals surface area (Å²) in [4.78, 5) is 11.8. The van der Waals surface area contributed by atoms with Gasteiger partial charge in [0.1, 0.15) is 4.75 Å². The molecule has 0 saturated carbocycles. The number of halogens is 3. The van der Waals surface area contributed by atoms with Crippen molar-refractivity contribution >= 4 is 17.7 Å². The topological polar surface area (TPSA) is 26.3 Å². The Morgan fingerprint density at radius 1 is 1.28 bits per heavy atom. The molecular formula is C12H13F3O2S. The lowest BCUT2D eigenvalue weighted by atomic mass is 10.2. The van der Waals surface area contributed by atoms with Crippen LogP contribution in [0.4, 0.5) is 13.2 Å². The van der Waals surface area contributed by atoms with Crippen molar-refractivity contribution in [1.82, 2.24) is 0 Å². The largest absolute Gasteiger partial charge is 0.468 e. The summed E-state index contributed by atoms with van der Waals surface area (Å²) in [6.07, 6.45) is -4.38. The monoisotopic (exact) mass is 278 g/mol. The molecule has 0 heterocycles. The van der Waals surface area contributed by atoms with Crippen molar-refractivity contribution in [1.29, 1.82) is 0 Å². The van der Waals surface area contributed by atoms with E-state index >= 15 is 0 Å². The van der Waals surface area contributed by atoms with E-state index in [1.165, 1.54) is 19.2 Å². The zero-order valence-electron chi connectivity index (χ0n) is 10.2. The zero-order valence-corrected chi connectivity index (χ0v) is 11.0. The first-order valence-electron chi connectivity index (χ1n) is 5.11. The Kier molecular flexibility index (Phi) is 4.32. The standard InChI is InChI=1S/C12H13F3O2S/c1-11(2,10(16)17-3)18-9-6-4-5-8(7-9)12(13,14)15/h4-7H,1-3H3. The third-order valence-electron chi connectivity index (χ3n) is 2.21. The van der Waals surface area contributed by atoms with Gasteiger partial charge in [-0.1, -0.05) is 6.07 Å². The van der Waals surface area contributed by atoms with E-state index < -0.39 is 22.5 Å². The molecule has 0 aromatic heterocycles. The molecule has 6 heteroatoms. The molecule has 0 saturated heterocycles. The predicted molar refractivity (Wildman–Crippen MR) is 63.4 cm³/mol. The predicted octanol–water partition coefficient (Wildman–Crippen LogP) is 3.75. The van der Waals surface area contributed by atoms with Crippen molar-refractivity contribution in [2.45, 2.75) is 29.7 Å². The van der Waals surface area contributed by atoms with Gasteiger partial charge in [-0.3, -0.25) is 4.79 Å². The number of rotatable bonds is 3. The molecule has 0 unspecified atom stereocenters. The van der Waals surface area contributed by atoms with E-state index in [0.29, 0.717) is 4.90 Å². The molecule has 1 aromatic rings. The van der Waals surface area contributed by atoms with E-state index in [4.69, 9.17) is 0 Å². The molecule has 100 valence electrons. The van der Waals surface area contributed by atoms with Crippen molar-refractivity contribution in [3.8, 4) is 0 Å². The number of alkyl halides is 3. The van der Waals surface area contributed by atoms with Crippen molar-refractivity contribution in [3.05, 3.63) is 29.8 Å². The molecule has 18 heavy (non-hydrogen) atoms. The Morgan fingerprint density at radius 2 is 1.89 bits per heavy atom. The highest BCUT2D eigenvalue weighted by Crippen LogP contribution is 2.37. The minimum Gasteiger partial charge on any atom is -0.468 e. The van der Waals surface area contributed by atoms with E-state index in [0.717, 1.165) is 23.9 Å². The average molecular weight is 278 g/mol. The van der Waals surface area contributed by atoms with Crippen LogP contribution in [0.2, 0.25) is 0 Å². The Balaban J connectivity index is 2.96. The van der Waals surface area contributed by atoms with Gasteiger partial charge in [0.2, 0.25) is 0 Å². The number of carbonyl (C=O) groups is 1. The average Bonchev–Trinajstić information content (AvgIpc) is 2.26. The minimum absolute atomic E-state index is 0.375. The molecule has 1 aromatic carbocycles.